The summed E-state index contributed by atoms with van der Waals surface area (Å²) >= 11 is 0. The summed E-state index contributed by atoms with van der Waals surface area (Å²) in [5.74, 6) is 0.369. The van der Waals surface area contributed by atoms with Crippen molar-refractivity contribution in [3.05, 3.63) is 90.5 Å². The van der Waals surface area contributed by atoms with Crippen molar-refractivity contribution in [2.24, 2.45) is 0 Å². The maximum atomic E-state index is 12.1. The van der Waals surface area contributed by atoms with Crippen LogP contribution in [0.1, 0.15) is 5.56 Å². The van der Waals surface area contributed by atoms with Gasteiger partial charge in [-0.15, -0.1) is 0 Å². The molecule has 0 aliphatic carbocycles. The molecule has 0 aromatic heterocycles. The Kier molecular flexibility index (Phi) is 6.00. The van der Waals surface area contributed by atoms with Crippen LogP contribution in [0.3, 0.4) is 0 Å². The smallest absolute Gasteiger partial charge is 0.248 e. The van der Waals surface area contributed by atoms with Gasteiger partial charge in [0, 0.05) is 11.8 Å². The number of hydrogen-bond acceptors (Lipinski definition) is 3. The normalized spacial score (nSPS) is 10.3. The highest BCUT2D eigenvalue weighted by atomic mass is 16.5. The molecule has 3 rings (SSSR count). The molecular formula is C23H18N2O2. The van der Waals surface area contributed by atoms with Crippen LogP contribution in [-0.2, 0) is 4.79 Å². The maximum Gasteiger partial charge on any atom is 0.248 e. The largest absolute Gasteiger partial charge is 0.479 e. The number of nitriles is 1. The van der Waals surface area contributed by atoms with E-state index in [4.69, 9.17) is 10.00 Å². The Balaban J connectivity index is 1.62. The van der Waals surface area contributed by atoms with Crippen LogP contribution in [0, 0.1) is 11.3 Å². The lowest BCUT2D eigenvalue weighted by atomic mass is 10.0. The topological polar surface area (TPSA) is 62.1 Å². The van der Waals surface area contributed by atoms with Gasteiger partial charge < -0.3 is 10.1 Å². The fraction of sp³-hybridized carbons (Fsp3) is 0.0435. The van der Waals surface area contributed by atoms with Crippen LogP contribution >= 0.6 is 0 Å². The third-order valence-electron chi connectivity index (χ3n) is 3.85. The van der Waals surface area contributed by atoms with Crippen LogP contribution in [0.4, 0.5) is 5.69 Å². The number of amides is 1. The van der Waals surface area contributed by atoms with E-state index < -0.39 is 0 Å². The number of ether oxygens (including phenoxy) is 1. The highest BCUT2D eigenvalue weighted by molar-refractivity contribution is 6.02. The van der Waals surface area contributed by atoms with Crippen molar-refractivity contribution in [2.45, 2.75) is 0 Å². The van der Waals surface area contributed by atoms with Gasteiger partial charge in [-0.25, -0.2) is 0 Å². The average molecular weight is 354 g/mol. The third kappa shape index (κ3) is 5.32. The minimum absolute atomic E-state index is 0.00348. The molecule has 4 nitrogen and oxygen atoms in total. The molecule has 0 unspecified atom stereocenters. The lowest BCUT2D eigenvalue weighted by molar-refractivity contribution is -0.111. The van der Waals surface area contributed by atoms with Crippen molar-refractivity contribution in [3.63, 3.8) is 0 Å². The predicted octanol–water partition coefficient (Wildman–Crippen LogP) is 4.91. The third-order valence-corrected chi connectivity index (χ3v) is 3.85. The second-order valence-corrected chi connectivity index (χ2v) is 5.79. The van der Waals surface area contributed by atoms with E-state index in [1.165, 1.54) is 6.08 Å². The Hall–Kier alpha value is -3.84. The van der Waals surface area contributed by atoms with Gasteiger partial charge in [0.1, 0.15) is 11.8 Å². The van der Waals surface area contributed by atoms with Crippen LogP contribution in [0.2, 0.25) is 0 Å². The molecule has 0 bridgehead atoms. The molecule has 0 saturated heterocycles. The number of carbonyl (C=O) groups is 1. The Morgan fingerprint density at radius 1 is 0.963 bits per heavy atom. The summed E-state index contributed by atoms with van der Waals surface area (Å²) in [4.78, 5) is 12.1. The van der Waals surface area contributed by atoms with Crippen molar-refractivity contribution in [1.82, 2.24) is 0 Å². The monoisotopic (exact) mass is 354 g/mol. The molecule has 132 valence electrons. The molecule has 0 aliphatic heterocycles. The first-order valence-corrected chi connectivity index (χ1v) is 8.49. The van der Waals surface area contributed by atoms with Crippen molar-refractivity contribution in [2.75, 3.05) is 11.9 Å². The summed E-state index contributed by atoms with van der Waals surface area (Å²) in [5.41, 5.74) is 3.85. The van der Waals surface area contributed by atoms with E-state index in [0.717, 1.165) is 16.7 Å². The van der Waals surface area contributed by atoms with Gasteiger partial charge in [0.2, 0.25) is 5.91 Å². The van der Waals surface area contributed by atoms with Crippen molar-refractivity contribution < 1.29 is 9.53 Å². The molecule has 0 fully saturated rings. The van der Waals surface area contributed by atoms with E-state index in [1.54, 1.807) is 30.3 Å². The highest BCUT2D eigenvalue weighted by Gasteiger charge is 2.00. The summed E-state index contributed by atoms with van der Waals surface area (Å²) in [6, 6.07) is 26.9. The fourth-order valence-corrected chi connectivity index (χ4v) is 2.56. The molecule has 3 aromatic carbocycles. The van der Waals surface area contributed by atoms with Crippen molar-refractivity contribution in [3.8, 4) is 22.9 Å². The molecule has 3 aromatic rings. The second-order valence-electron chi connectivity index (χ2n) is 5.79. The van der Waals surface area contributed by atoms with Crippen LogP contribution < -0.4 is 10.1 Å². The molecule has 0 heterocycles. The summed E-state index contributed by atoms with van der Waals surface area (Å²) in [5, 5.41) is 11.3. The molecule has 0 spiro atoms. The van der Waals surface area contributed by atoms with E-state index in [0.29, 0.717) is 11.4 Å². The first-order valence-electron chi connectivity index (χ1n) is 8.49. The summed E-state index contributed by atoms with van der Waals surface area (Å²) < 4.78 is 5.18. The van der Waals surface area contributed by atoms with Crippen LogP contribution in [0.5, 0.6) is 5.75 Å². The highest BCUT2D eigenvalue weighted by Crippen LogP contribution is 2.20. The summed E-state index contributed by atoms with van der Waals surface area (Å²) in [7, 11) is 0. The van der Waals surface area contributed by atoms with Gasteiger partial charge in [-0.05, 0) is 53.1 Å². The Morgan fingerprint density at radius 3 is 2.44 bits per heavy atom. The summed E-state index contributed by atoms with van der Waals surface area (Å²) in [6.07, 6.45) is 3.29. The number of nitrogens with one attached hydrogen (secondary N) is 1. The quantitative estimate of drug-likeness (QED) is 0.640. The molecule has 0 saturated carbocycles. The summed E-state index contributed by atoms with van der Waals surface area (Å²) in [6.45, 7) is -0.00348. The molecule has 0 atom stereocenters. The molecule has 1 amide bonds. The lowest BCUT2D eigenvalue weighted by Crippen LogP contribution is -2.07. The minimum Gasteiger partial charge on any atom is -0.479 e. The predicted molar refractivity (Wildman–Crippen MR) is 107 cm³/mol. The van der Waals surface area contributed by atoms with Crippen LogP contribution in [-0.4, -0.2) is 12.5 Å². The number of anilines is 1. The van der Waals surface area contributed by atoms with Crippen molar-refractivity contribution in [1.29, 1.82) is 5.26 Å². The van der Waals surface area contributed by atoms with Gasteiger partial charge >= 0.3 is 0 Å². The van der Waals surface area contributed by atoms with E-state index in [-0.39, 0.29) is 12.5 Å². The molecule has 0 radical (unpaired) electrons. The zero-order valence-electron chi connectivity index (χ0n) is 14.6. The first kappa shape index (κ1) is 18.0. The van der Waals surface area contributed by atoms with Gasteiger partial charge in [0.05, 0.1) is 0 Å². The molecule has 27 heavy (non-hydrogen) atoms. The van der Waals surface area contributed by atoms with E-state index >= 15 is 0 Å². The number of carbonyl (C=O) groups excluding carboxylic acids is 1. The zero-order chi connectivity index (χ0) is 18.9. The Labute approximate surface area is 158 Å². The van der Waals surface area contributed by atoms with Crippen LogP contribution in [0.25, 0.3) is 17.2 Å². The number of benzene rings is 3. The molecule has 0 aliphatic rings. The molecule has 4 heteroatoms. The van der Waals surface area contributed by atoms with Crippen LogP contribution in [0.15, 0.2) is 84.9 Å². The molecule has 1 N–H and O–H groups in total. The Morgan fingerprint density at radius 2 is 1.70 bits per heavy atom. The number of hydrogen-bond donors (Lipinski definition) is 1. The first-order chi connectivity index (χ1) is 13.2. The number of nitrogens with zero attached hydrogens (tertiary/aromatic N) is 1. The second kappa shape index (κ2) is 9.02. The van der Waals surface area contributed by atoms with E-state index in [9.17, 15) is 4.79 Å². The lowest BCUT2D eigenvalue weighted by Gasteiger charge is -2.05. The van der Waals surface area contributed by atoms with Gasteiger partial charge in [-0.3, -0.25) is 4.79 Å². The van der Waals surface area contributed by atoms with Gasteiger partial charge in [0.25, 0.3) is 0 Å². The average Bonchev–Trinajstić information content (AvgIpc) is 2.73. The van der Waals surface area contributed by atoms with E-state index in [1.807, 2.05) is 48.5 Å². The number of rotatable bonds is 6. The van der Waals surface area contributed by atoms with Gasteiger partial charge in [-0.1, -0.05) is 48.5 Å². The molecular weight excluding hydrogens is 336 g/mol. The standard InChI is InChI=1S/C23H18N2O2/c24-15-16-27-22-12-10-21(11-13-22)25-23(26)14-9-18-5-4-8-20(17-18)19-6-2-1-3-7-19/h1-14,17H,16H2,(H,25,26)/b14-9+. The van der Waals surface area contributed by atoms with Crippen molar-refractivity contribution >= 4 is 17.7 Å². The van der Waals surface area contributed by atoms with Gasteiger partial charge in [0.15, 0.2) is 6.61 Å². The minimum atomic E-state index is -0.217. The van der Waals surface area contributed by atoms with Gasteiger partial charge in [-0.2, -0.15) is 5.26 Å². The Bertz CT molecular complexity index is 971. The van der Waals surface area contributed by atoms with E-state index in [2.05, 4.69) is 17.4 Å². The SMILES string of the molecule is N#CCOc1ccc(NC(=O)/C=C/c2cccc(-c3ccccc3)c2)cc1. The fourth-order valence-electron chi connectivity index (χ4n) is 2.56. The maximum absolute atomic E-state index is 12.1. The zero-order valence-corrected chi connectivity index (χ0v) is 14.6.